The summed E-state index contributed by atoms with van der Waals surface area (Å²) in [6.45, 7) is 1.10. The van der Waals surface area contributed by atoms with Crippen molar-refractivity contribution < 1.29 is 22.1 Å². The standard InChI is InChI=1S/C9H13F2N3O4S2/c1-3-12-9-6(14(15)16)4-8(19-9)20(17,18)13(2)5-7(10)11/h4,7,12H,3,5H2,1-2H3. The van der Waals surface area contributed by atoms with Crippen LogP contribution in [0.5, 0.6) is 0 Å². The van der Waals surface area contributed by atoms with E-state index in [9.17, 15) is 27.3 Å². The van der Waals surface area contributed by atoms with Crippen molar-refractivity contribution in [2.75, 3.05) is 25.5 Å². The van der Waals surface area contributed by atoms with Gasteiger partial charge in [0, 0.05) is 19.7 Å². The van der Waals surface area contributed by atoms with E-state index in [0.29, 0.717) is 22.2 Å². The van der Waals surface area contributed by atoms with E-state index in [1.54, 1.807) is 6.92 Å². The second-order valence-corrected chi connectivity index (χ2v) is 7.07. The van der Waals surface area contributed by atoms with Crippen molar-refractivity contribution in [1.29, 1.82) is 0 Å². The van der Waals surface area contributed by atoms with Gasteiger partial charge in [-0.15, -0.1) is 0 Å². The zero-order chi connectivity index (χ0) is 15.5. The molecule has 11 heteroatoms. The van der Waals surface area contributed by atoms with Crippen molar-refractivity contribution in [1.82, 2.24) is 4.31 Å². The highest BCUT2D eigenvalue weighted by molar-refractivity contribution is 7.91. The van der Waals surface area contributed by atoms with Gasteiger partial charge in [0.2, 0.25) is 0 Å². The van der Waals surface area contributed by atoms with Gasteiger partial charge in [0.05, 0.1) is 11.5 Å². The molecule has 1 aromatic heterocycles. The maximum atomic E-state index is 12.2. The number of hydrogen-bond donors (Lipinski definition) is 1. The first-order valence-electron chi connectivity index (χ1n) is 5.46. The summed E-state index contributed by atoms with van der Waals surface area (Å²) in [6, 6.07) is 0.875. The summed E-state index contributed by atoms with van der Waals surface area (Å²) in [4.78, 5) is 10.1. The lowest BCUT2D eigenvalue weighted by atomic mass is 10.5. The number of nitrogens with zero attached hydrogens (tertiary/aromatic N) is 2. The van der Waals surface area contributed by atoms with Crippen LogP contribution in [-0.4, -0.2) is 44.2 Å². The van der Waals surface area contributed by atoms with Gasteiger partial charge in [0.15, 0.2) is 5.00 Å². The van der Waals surface area contributed by atoms with Crippen LogP contribution >= 0.6 is 11.3 Å². The van der Waals surface area contributed by atoms with Crippen LogP contribution in [-0.2, 0) is 10.0 Å². The molecule has 1 rings (SSSR count). The zero-order valence-electron chi connectivity index (χ0n) is 10.7. The predicted molar refractivity (Wildman–Crippen MR) is 71.0 cm³/mol. The molecule has 7 nitrogen and oxygen atoms in total. The van der Waals surface area contributed by atoms with Crippen LogP contribution in [0.2, 0.25) is 0 Å². The summed E-state index contributed by atoms with van der Waals surface area (Å²) in [5.41, 5.74) is -0.388. The van der Waals surface area contributed by atoms with Gasteiger partial charge in [-0.05, 0) is 6.92 Å². The second kappa shape index (κ2) is 6.41. The number of nitro groups is 1. The quantitative estimate of drug-likeness (QED) is 0.610. The number of alkyl halides is 2. The number of hydrogen-bond acceptors (Lipinski definition) is 6. The minimum Gasteiger partial charge on any atom is -0.372 e. The summed E-state index contributed by atoms with van der Waals surface area (Å²) in [5, 5.41) is 13.6. The van der Waals surface area contributed by atoms with Gasteiger partial charge in [-0.25, -0.2) is 17.2 Å². The van der Waals surface area contributed by atoms with E-state index in [-0.39, 0.29) is 14.9 Å². The maximum Gasteiger partial charge on any atom is 0.304 e. The van der Waals surface area contributed by atoms with E-state index in [2.05, 4.69) is 5.32 Å². The van der Waals surface area contributed by atoms with Crippen LogP contribution in [0.3, 0.4) is 0 Å². The van der Waals surface area contributed by atoms with Crippen molar-refractivity contribution >= 4 is 32.0 Å². The molecule has 0 aliphatic carbocycles. The first-order chi connectivity index (χ1) is 9.20. The van der Waals surface area contributed by atoms with Gasteiger partial charge in [-0.2, -0.15) is 4.31 Å². The molecular formula is C9H13F2N3O4S2. The molecule has 0 saturated carbocycles. The van der Waals surface area contributed by atoms with Gasteiger partial charge in [0.25, 0.3) is 16.4 Å². The normalized spacial score (nSPS) is 12.1. The van der Waals surface area contributed by atoms with Crippen molar-refractivity contribution in [2.24, 2.45) is 0 Å². The Morgan fingerprint density at radius 1 is 1.55 bits per heavy atom. The van der Waals surface area contributed by atoms with Crippen LogP contribution < -0.4 is 5.32 Å². The van der Waals surface area contributed by atoms with E-state index in [4.69, 9.17) is 0 Å². The molecule has 0 atom stereocenters. The average Bonchev–Trinajstić information content (AvgIpc) is 2.73. The highest BCUT2D eigenvalue weighted by atomic mass is 32.2. The molecule has 1 aromatic rings. The highest BCUT2D eigenvalue weighted by Crippen LogP contribution is 2.37. The van der Waals surface area contributed by atoms with Crippen molar-refractivity contribution in [3.05, 3.63) is 16.2 Å². The molecule has 0 radical (unpaired) electrons. The van der Waals surface area contributed by atoms with Gasteiger partial charge in [-0.1, -0.05) is 11.3 Å². The fraction of sp³-hybridized carbons (Fsp3) is 0.556. The molecule has 0 unspecified atom stereocenters. The lowest BCUT2D eigenvalue weighted by Crippen LogP contribution is -2.30. The lowest BCUT2D eigenvalue weighted by Gasteiger charge is -2.14. The molecule has 0 amide bonds. The van der Waals surface area contributed by atoms with E-state index in [1.165, 1.54) is 0 Å². The number of nitrogens with one attached hydrogen (secondary N) is 1. The molecule has 0 bridgehead atoms. The number of halogens is 2. The number of thiophene rings is 1. The third kappa shape index (κ3) is 3.61. The Kier molecular flexibility index (Phi) is 5.36. The summed E-state index contributed by atoms with van der Waals surface area (Å²) >= 11 is 0.647. The van der Waals surface area contributed by atoms with E-state index < -0.39 is 27.9 Å². The first kappa shape index (κ1) is 16.7. The van der Waals surface area contributed by atoms with Crippen LogP contribution in [0.1, 0.15) is 6.92 Å². The van der Waals surface area contributed by atoms with Crippen molar-refractivity contribution in [3.63, 3.8) is 0 Å². The Bertz CT molecular complexity index is 588. The molecule has 0 saturated heterocycles. The second-order valence-electron chi connectivity index (χ2n) is 3.74. The van der Waals surface area contributed by atoms with Gasteiger partial charge in [0.1, 0.15) is 4.21 Å². The molecule has 0 aliphatic rings. The van der Waals surface area contributed by atoms with Crippen LogP contribution in [0, 0.1) is 10.1 Å². The molecule has 0 aromatic carbocycles. The predicted octanol–water partition coefficient (Wildman–Crippen LogP) is 1.97. The summed E-state index contributed by atoms with van der Waals surface area (Å²) in [6.07, 6.45) is -2.82. The Hall–Kier alpha value is -1.33. The van der Waals surface area contributed by atoms with Crippen LogP contribution in [0.4, 0.5) is 19.5 Å². The average molecular weight is 329 g/mol. The number of sulfonamides is 1. The van der Waals surface area contributed by atoms with Crippen LogP contribution in [0.15, 0.2) is 10.3 Å². The fourth-order valence-electron chi connectivity index (χ4n) is 1.36. The largest absolute Gasteiger partial charge is 0.372 e. The molecule has 20 heavy (non-hydrogen) atoms. The maximum absolute atomic E-state index is 12.2. The minimum atomic E-state index is -4.16. The Balaban J connectivity index is 3.19. The molecule has 0 aliphatic heterocycles. The molecule has 1 N–H and O–H groups in total. The molecular weight excluding hydrogens is 316 g/mol. The SMILES string of the molecule is CCNc1sc(S(=O)(=O)N(C)CC(F)F)cc1[N+](=O)[O-]. The molecule has 0 fully saturated rings. The van der Waals surface area contributed by atoms with E-state index in [1.807, 2.05) is 0 Å². The van der Waals surface area contributed by atoms with Crippen LogP contribution in [0.25, 0.3) is 0 Å². The lowest BCUT2D eigenvalue weighted by molar-refractivity contribution is -0.383. The Morgan fingerprint density at radius 2 is 2.15 bits per heavy atom. The monoisotopic (exact) mass is 329 g/mol. The zero-order valence-corrected chi connectivity index (χ0v) is 12.3. The van der Waals surface area contributed by atoms with Gasteiger partial charge in [-0.3, -0.25) is 10.1 Å². The smallest absolute Gasteiger partial charge is 0.304 e. The fourth-order valence-corrected chi connectivity index (χ4v) is 4.11. The molecule has 0 spiro atoms. The van der Waals surface area contributed by atoms with Gasteiger partial charge >= 0.3 is 5.69 Å². The van der Waals surface area contributed by atoms with E-state index in [0.717, 1.165) is 13.1 Å². The summed E-state index contributed by atoms with van der Waals surface area (Å²) in [7, 11) is -3.16. The summed E-state index contributed by atoms with van der Waals surface area (Å²) in [5.74, 6) is 0. The molecule has 114 valence electrons. The number of rotatable bonds is 7. The highest BCUT2D eigenvalue weighted by Gasteiger charge is 2.30. The third-order valence-electron chi connectivity index (χ3n) is 2.28. The number of anilines is 1. The molecule has 1 heterocycles. The topological polar surface area (TPSA) is 92.6 Å². The van der Waals surface area contributed by atoms with Crippen molar-refractivity contribution in [3.8, 4) is 0 Å². The first-order valence-corrected chi connectivity index (χ1v) is 7.72. The Labute approximate surface area is 118 Å². The minimum absolute atomic E-state index is 0.0847. The van der Waals surface area contributed by atoms with E-state index >= 15 is 0 Å². The van der Waals surface area contributed by atoms with Gasteiger partial charge < -0.3 is 5.32 Å². The third-order valence-corrected chi connectivity index (χ3v) is 5.64. The Morgan fingerprint density at radius 3 is 2.60 bits per heavy atom. The summed E-state index contributed by atoms with van der Waals surface area (Å²) < 4.78 is 48.6. The van der Waals surface area contributed by atoms with Crippen molar-refractivity contribution in [2.45, 2.75) is 17.6 Å².